The number of aromatic nitrogens is 3. The van der Waals surface area contributed by atoms with E-state index in [1.54, 1.807) is 18.5 Å². The number of halogens is 1. The number of rotatable bonds is 4. The molecule has 3 aromatic rings. The molecule has 8 heteroatoms. The fourth-order valence-corrected chi connectivity index (χ4v) is 5.20. The molecule has 2 aromatic heterocycles. The Labute approximate surface area is 185 Å². The zero-order valence-electron chi connectivity index (χ0n) is 18.2. The van der Waals surface area contributed by atoms with Crippen molar-refractivity contribution in [3.05, 3.63) is 53.2 Å². The van der Waals surface area contributed by atoms with E-state index in [2.05, 4.69) is 15.2 Å². The molecule has 3 N–H and O–H groups in total. The minimum absolute atomic E-state index is 0.179. The van der Waals surface area contributed by atoms with Gasteiger partial charge in [0, 0.05) is 55.5 Å². The number of anilines is 2. The quantitative estimate of drug-likeness (QED) is 0.509. The molecule has 7 nitrogen and oxygen atoms in total. The predicted octanol–water partition coefficient (Wildman–Crippen LogP) is 3.65. The maximum absolute atomic E-state index is 14.5. The summed E-state index contributed by atoms with van der Waals surface area (Å²) in [5.41, 5.74) is 11.8. The van der Waals surface area contributed by atoms with Gasteiger partial charge in [-0.05, 0) is 54.7 Å². The molecular weight excluding hydrogens is 407 g/mol. The lowest BCUT2D eigenvalue weighted by atomic mass is 10.0. The highest BCUT2D eigenvalue weighted by Gasteiger charge is 2.56. The molecule has 0 bridgehead atoms. The van der Waals surface area contributed by atoms with Gasteiger partial charge in [-0.25, -0.2) is 4.39 Å². The highest BCUT2D eigenvalue weighted by atomic mass is 19.1. The minimum atomic E-state index is -0.278. The van der Waals surface area contributed by atoms with Crippen LogP contribution in [0.1, 0.15) is 29.7 Å². The third-order valence-electron chi connectivity index (χ3n) is 7.04. The van der Waals surface area contributed by atoms with Crippen LogP contribution in [0.25, 0.3) is 11.1 Å². The number of nitrogens with zero attached hydrogens (tertiary/aromatic N) is 4. The normalized spacial score (nSPS) is 22.8. The van der Waals surface area contributed by atoms with Crippen molar-refractivity contribution >= 4 is 11.5 Å². The summed E-state index contributed by atoms with van der Waals surface area (Å²) in [4.78, 5) is 16.0. The molecular formula is C24H25FN6O. The Bertz CT molecular complexity index is 1250. The van der Waals surface area contributed by atoms with E-state index in [-0.39, 0.29) is 23.3 Å². The lowest BCUT2D eigenvalue weighted by Gasteiger charge is -2.22. The van der Waals surface area contributed by atoms with Gasteiger partial charge in [-0.1, -0.05) is 0 Å². The first kappa shape index (κ1) is 19.4. The van der Waals surface area contributed by atoms with Crippen LogP contribution in [0.2, 0.25) is 0 Å². The van der Waals surface area contributed by atoms with E-state index in [0.29, 0.717) is 12.2 Å². The summed E-state index contributed by atoms with van der Waals surface area (Å²) in [6.45, 7) is 3.68. The van der Waals surface area contributed by atoms with E-state index < -0.39 is 0 Å². The standard InChI is InChI=1S/C24H25FN6O/c1-13-5-15(11-28-10-13)32-23-29-19-8-16-17(6-14(25)7-18(16)27-2)21(19)22(30-23)31-4-3-24(12-31)9-20(24)26/h5-7,10-11,20,27H,3-4,8-9,12,26H2,1-2H3/t20-,24?/m1/s1. The van der Waals surface area contributed by atoms with E-state index in [1.165, 1.54) is 6.07 Å². The Morgan fingerprint density at radius 3 is 2.81 bits per heavy atom. The van der Waals surface area contributed by atoms with E-state index in [0.717, 1.165) is 65.4 Å². The van der Waals surface area contributed by atoms with Crippen molar-refractivity contribution in [2.45, 2.75) is 32.2 Å². The number of fused-ring (bicyclic) bond motifs is 3. The van der Waals surface area contributed by atoms with Gasteiger partial charge in [0.25, 0.3) is 0 Å². The predicted molar refractivity (Wildman–Crippen MR) is 121 cm³/mol. The maximum Gasteiger partial charge on any atom is 0.324 e. The van der Waals surface area contributed by atoms with Crippen LogP contribution >= 0.6 is 0 Å². The lowest BCUT2D eigenvalue weighted by Crippen LogP contribution is -2.24. The van der Waals surface area contributed by atoms with Crippen LogP contribution in [0.15, 0.2) is 30.6 Å². The Hall–Kier alpha value is -3.26. The summed E-state index contributed by atoms with van der Waals surface area (Å²) >= 11 is 0. The second-order valence-electron chi connectivity index (χ2n) is 9.20. The topological polar surface area (TPSA) is 89.2 Å². The largest absolute Gasteiger partial charge is 0.423 e. The third-order valence-corrected chi connectivity index (χ3v) is 7.04. The number of hydrogen-bond acceptors (Lipinski definition) is 7. The fraction of sp³-hybridized carbons (Fsp3) is 0.375. The number of pyridine rings is 1. The smallest absolute Gasteiger partial charge is 0.324 e. The number of nitrogens with one attached hydrogen (secondary N) is 1. The number of nitrogens with two attached hydrogens (primary N) is 1. The summed E-state index contributed by atoms with van der Waals surface area (Å²) in [6, 6.07) is 5.56. The van der Waals surface area contributed by atoms with Gasteiger partial charge in [0.15, 0.2) is 0 Å². The van der Waals surface area contributed by atoms with E-state index in [4.69, 9.17) is 20.4 Å². The van der Waals surface area contributed by atoms with Crippen molar-refractivity contribution in [3.63, 3.8) is 0 Å². The maximum atomic E-state index is 14.5. The molecule has 1 aromatic carbocycles. The van der Waals surface area contributed by atoms with Crippen LogP contribution in [0.3, 0.4) is 0 Å². The van der Waals surface area contributed by atoms with Crippen molar-refractivity contribution in [1.29, 1.82) is 0 Å². The Kier molecular flexibility index (Phi) is 4.17. The zero-order chi connectivity index (χ0) is 22.0. The molecule has 2 fully saturated rings. The van der Waals surface area contributed by atoms with Gasteiger partial charge in [0.2, 0.25) is 0 Å². The third kappa shape index (κ3) is 3.01. The SMILES string of the molecule is CNc1cc(F)cc2c1Cc1nc(Oc3cncc(C)c3)nc(N3CCC4(C[C@H]4N)C3)c1-2. The van der Waals surface area contributed by atoms with Crippen LogP contribution in [-0.4, -0.2) is 41.1 Å². The number of benzene rings is 1. The first-order valence-electron chi connectivity index (χ1n) is 11.0. The average Bonchev–Trinajstić information content (AvgIpc) is 3.08. The summed E-state index contributed by atoms with van der Waals surface area (Å²) < 4.78 is 20.5. The molecule has 32 heavy (non-hydrogen) atoms. The second-order valence-corrected chi connectivity index (χ2v) is 9.20. The lowest BCUT2D eigenvalue weighted by molar-refractivity contribution is 0.438. The number of hydrogen-bond donors (Lipinski definition) is 2. The van der Waals surface area contributed by atoms with Crippen molar-refractivity contribution < 1.29 is 9.13 Å². The van der Waals surface area contributed by atoms with Gasteiger partial charge in [-0.3, -0.25) is 4.98 Å². The van der Waals surface area contributed by atoms with Crippen LogP contribution in [0.4, 0.5) is 15.9 Å². The van der Waals surface area contributed by atoms with Crippen LogP contribution in [0, 0.1) is 18.2 Å². The van der Waals surface area contributed by atoms with E-state index in [1.807, 2.05) is 20.0 Å². The fourth-order valence-electron chi connectivity index (χ4n) is 5.20. The van der Waals surface area contributed by atoms with Crippen molar-refractivity contribution in [3.8, 4) is 22.9 Å². The molecule has 2 aliphatic carbocycles. The Balaban J connectivity index is 1.47. The average molecular weight is 433 g/mol. The zero-order valence-corrected chi connectivity index (χ0v) is 18.2. The summed E-state index contributed by atoms with van der Waals surface area (Å²) in [5, 5.41) is 3.12. The van der Waals surface area contributed by atoms with Crippen LogP contribution in [-0.2, 0) is 6.42 Å². The van der Waals surface area contributed by atoms with Crippen molar-refractivity contribution in [2.75, 3.05) is 30.4 Å². The van der Waals surface area contributed by atoms with Gasteiger partial charge in [-0.2, -0.15) is 9.97 Å². The van der Waals surface area contributed by atoms with Crippen LogP contribution in [0.5, 0.6) is 11.8 Å². The molecule has 0 amide bonds. The molecule has 164 valence electrons. The van der Waals surface area contributed by atoms with Crippen molar-refractivity contribution in [2.24, 2.45) is 11.1 Å². The first-order valence-corrected chi connectivity index (χ1v) is 11.0. The number of ether oxygens (including phenoxy) is 1. The summed E-state index contributed by atoms with van der Waals surface area (Å²) in [6.07, 6.45) is 6.11. The molecule has 1 saturated heterocycles. The highest BCUT2D eigenvalue weighted by molar-refractivity contribution is 5.88. The molecule has 1 aliphatic heterocycles. The molecule has 1 saturated carbocycles. The van der Waals surface area contributed by atoms with Gasteiger partial charge in [0.05, 0.1) is 11.9 Å². The molecule has 1 spiro atoms. The first-order chi connectivity index (χ1) is 15.5. The Morgan fingerprint density at radius 1 is 1.25 bits per heavy atom. The molecule has 3 heterocycles. The monoisotopic (exact) mass is 432 g/mol. The van der Waals surface area contributed by atoms with Gasteiger partial charge < -0.3 is 20.7 Å². The van der Waals surface area contributed by atoms with Crippen molar-refractivity contribution in [1.82, 2.24) is 15.0 Å². The molecule has 0 radical (unpaired) electrons. The van der Waals surface area contributed by atoms with E-state index >= 15 is 0 Å². The molecule has 1 unspecified atom stereocenters. The van der Waals surface area contributed by atoms with Gasteiger partial charge in [-0.15, -0.1) is 0 Å². The number of aryl methyl sites for hydroxylation is 1. The van der Waals surface area contributed by atoms with Gasteiger partial charge in [0.1, 0.15) is 17.4 Å². The molecule has 3 aliphatic rings. The van der Waals surface area contributed by atoms with Gasteiger partial charge >= 0.3 is 6.01 Å². The minimum Gasteiger partial charge on any atom is -0.423 e. The molecule has 6 rings (SSSR count). The van der Waals surface area contributed by atoms with E-state index in [9.17, 15) is 4.39 Å². The summed E-state index contributed by atoms with van der Waals surface area (Å²) in [5.74, 6) is 1.11. The Morgan fingerprint density at radius 2 is 2.09 bits per heavy atom. The molecule has 2 atom stereocenters. The van der Waals surface area contributed by atoms with Crippen LogP contribution < -0.4 is 20.7 Å². The summed E-state index contributed by atoms with van der Waals surface area (Å²) in [7, 11) is 1.81. The second kappa shape index (κ2) is 6.87. The highest BCUT2D eigenvalue weighted by Crippen LogP contribution is 2.54.